The number of nitrogens with two attached hydrogens (primary N) is 1. The van der Waals surface area contributed by atoms with Crippen LogP contribution in [0.2, 0.25) is 0 Å². The molecule has 0 spiro atoms. The van der Waals surface area contributed by atoms with Crippen molar-refractivity contribution in [3.8, 4) is 0 Å². The van der Waals surface area contributed by atoms with Gasteiger partial charge in [0.1, 0.15) is 0 Å². The molecule has 1 fully saturated rings. The van der Waals surface area contributed by atoms with Gasteiger partial charge in [0.2, 0.25) is 5.91 Å². The normalized spacial score (nSPS) is 14.4. The average molecular weight is 247 g/mol. The summed E-state index contributed by atoms with van der Waals surface area (Å²) in [5.74, 6) is 0.183. The van der Waals surface area contributed by atoms with Gasteiger partial charge < -0.3 is 15.5 Å². The minimum atomic E-state index is 0.183. The number of nitrogens with zero attached hydrogens (tertiary/aromatic N) is 2. The van der Waals surface area contributed by atoms with Crippen molar-refractivity contribution in [2.24, 2.45) is 5.73 Å². The summed E-state index contributed by atoms with van der Waals surface area (Å²) in [5, 5.41) is 0. The standard InChI is InChI=1S/C14H21N3O/c1-16(10-14(18)17(2)13-7-8-13)12-5-3-11(9-15)4-6-12/h3-6,13H,7-10,15H2,1-2H3. The minimum absolute atomic E-state index is 0.183. The van der Waals surface area contributed by atoms with Crippen LogP contribution in [0, 0.1) is 0 Å². The van der Waals surface area contributed by atoms with Crippen LogP contribution in [0.3, 0.4) is 0 Å². The predicted molar refractivity (Wildman–Crippen MR) is 73.4 cm³/mol. The van der Waals surface area contributed by atoms with Crippen molar-refractivity contribution in [2.75, 3.05) is 25.5 Å². The van der Waals surface area contributed by atoms with Gasteiger partial charge in [0.15, 0.2) is 0 Å². The van der Waals surface area contributed by atoms with Crippen molar-refractivity contribution in [3.05, 3.63) is 29.8 Å². The zero-order valence-electron chi connectivity index (χ0n) is 11.1. The first-order valence-corrected chi connectivity index (χ1v) is 6.37. The summed E-state index contributed by atoms with van der Waals surface area (Å²) in [7, 11) is 3.83. The van der Waals surface area contributed by atoms with Crippen LogP contribution in [0.5, 0.6) is 0 Å². The molecule has 2 rings (SSSR count). The molecule has 2 N–H and O–H groups in total. The first kappa shape index (κ1) is 12.9. The van der Waals surface area contributed by atoms with E-state index in [1.54, 1.807) is 0 Å². The second-order valence-corrected chi connectivity index (χ2v) is 4.96. The van der Waals surface area contributed by atoms with Crippen LogP contribution >= 0.6 is 0 Å². The molecule has 1 amide bonds. The van der Waals surface area contributed by atoms with E-state index < -0.39 is 0 Å². The third-order valence-electron chi connectivity index (χ3n) is 3.47. The summed E-state index contributed by atoms with van der Waals surface area (Å²) in [4.78, 5) is 15.8. The first-order chi connectivity index (χ1) is 8.61. The molecule has 1 aliphatic rings. The van der Waals surface area contributed by atoms with Gasteiger partial charge in [-0.25, -0.2) is 0 Å². The fourth-order valence-electron chi connectivity index (χ4n) is 1.96. The molecule has 1 aromatic rings. The highest BCUT2D eigenvalue weighted by Crippen LogP contribution is 2.25. The molecule has 1 aromatic carbocycles. The average Bonchev–Trinajstić information content (AvgIpc) is 3.22. The van der Waals surface area contributed by atoms with Gasteiger partial charge in [-0.1, -0.05) is 12.1 Å². The van der Waals surface area contributed by atoms with E-state index in [0.717, 1.165) is 24.1 Å². The maximum atomic E-state index is 12.0. The number of hydrogen-bond donors (Lipinski definition) is 1. The molecule has 98 valence electrons. The van der Waals surface area contributed by atoms with Crippen LogP contribution in [0.15, 0.2) is 24.3 Å². The SMILES string of the molecule is CN(CC(=O)N(C)C1CC1)c1ccc(CN)cc1. The van der Waals surface area contributed by atoms with Gasteiger partial charge in [0, 0.05) is 32.4 Å². The van der Waals surface area contributed by atoms with Gasteiger partial charge >= 0.3 is 0 Å². The molecular weight excluding hydrogens is 226 g/mol. The van der Waals surface area contributed by atoms with Crippen LogP contribution in [0.4, 0.5) is 5.69 Å². The van der Waals surface area contributed by atoms with Gasteiger partial charge in [0.05, 0.1) is 6.54 Å². The van der Waals surface area contributed by atoms with Crippen molar-refractivity contribution in [3.63, 3.8) is 0 Å². The molecule has 0 radical (unpaired) electrons. The molecule has 0 unspecified atom stereocenters. The van der Waals surface area contributed by atoms with Gasteiger partial charge in [-0.3, -0.25) is 4.79 Å². The maximum absolute atomic E-state index is 12.0. The highest BCUT2D eigenvalue weighted by atomic mass is 16.2. The third-order valence-corrected chi connectivity index (χ3v) is 3.47. The summed E-state index contributed by atoms with van der Waals surface area (Å²) in [6, 6.07) is 8.49. The van der Waals surface area contributed by atoms with E-state index >= 15 is 0 Å². The van der Waals surface area contributed by atoms with E-state index in [9.17, 15) is 4.79 Å². The zero-order valence-corrected chi connectivity index (χ0v) is 11.1. The number of rotatable bonds is 5. The van der Waals surface area contributed by atoms with E-state index in [1.807, 2.05) is 48.2 Å². The van der Waals surface area contributed by atoms with Gasteiger partial charge in [-0.15, -0.1) is 0 Å². The lowest BCUT2D eigenvalue weighted by molar-refractivity contribution is -0.128. The minimum Gasteiger partial charge on any atom is -0.365 e. The van der Waals surface area contributed by atoms with Crippen molar-refractivity contribution in [2.45, 2.75) is 25.4 Å². The van der Waals surface area contributed by atoms with E-state index in [0.29, 0.717) is 19.1 Å². The Hall–Kier alpha value is -1.55. The number of anilines is 1. The lowest BCUT2D eigenvalue weighted by atomic mass is 10.2. The Morgan fingerprint density at radius 1 is 1.28 bits per heavy atom. The highest BCUT2D eigenvalue weighted by molar-refractivity contribution is 5.81. The fourth-order valence-corrected chi connectivity index (χ4v) is 1.96. The van der Waals surface area contributed by atoms with E-state index in [-0.39, 0.29) is 5.91 Å². The molecule has 4 heteroatoms. The quantitative estimate of drug-likeness (QED) is 0.850. The maximum Gasteiger partial charge on any atom is 0.242 e. The Bertz CT molecular complexity index is 412. The summed E-state index contributed by atoms with van der Waals surface area (Å²) in [6.45, 7) is 0.975. The van der Waals surface area contributed by atoms with Crippen molar-refractivity contribution in [1.82, 2.24) is 4.90 Å². The molecule has 0 bridgehead atoms. The van der Waals surface area contributed by atoms with Gasteiger partial charge in [0.25, 0.3) is 0 Å². The van der Waals surface area contributed by atoms with Crippen molar-refractivity contribution < 1.29 is 4.79 Å². The van der Waals surface area contributed by atoms with E-state index in [1.165, 1.54) is 0 Å². The van der Waals surface area contributed by atoms with Crippen molar-refractivity contribution >= 4 is 11.6 Å². The second kappa shape index (κ2) is 5.40. The molecule has 0 heterocycles. The zero-order chi connectivity index (χ0) is 13.1. The fraction of sp³-hybridized carbons (Fsp3) is 0.500. The molecule has 4 nitrogen and oxygen atoms in total. The largest absolute Gasteiger partial charge is 0.365 e. The second-order valence-electron chi connectivity index (χ2n) is 4.96. The smallest absolute Gasteiger partial charge is 0.242 e. The molecule has 0 aliphatic heterocycles. The summed E-state index contributed by atoms with van der Waals surface area (Å²) in [5.41, 5.74) is 7.71. The Balaban J connectivity index is 1.93. The first-order valence-electron chi connectivity index (χ1n) is 6.37. The molecule has 0 saturated heterocycles. The lowest BCUT2D eigenvalue weighted by Crippen LogP contribution is -2.37. The molecule has 18 heavy (non-hydrogen) atoms. The van der Waals surface area contributed by atoms with E-state index in [4.69, 9.17) is 5.73 Å². The van der Waals surface area contributed by atoms with Crippen LogP contribution in [0.1, 0.15) is 18.4 Å². The third kappa shape index (κ3) is 3.01. The van der Waals surface area contributed by atoms with Crippen LogP contribution < -0.4 is 10.6 Å². The number of benzene rings is 1. The summed E-state index contributed by atoms with van der Waals surface area (Å²) < 4.78 is 0. The Morgan fingerprint density at radius 2 is 1.89 bits per heavy atom. The molecule has 1 saturated carbocycles. The Morgan fingerprint density at radius 3 is 2.39 bits per heavy atom. The topological polar surface area (TPSA) is 49.6 Å². The Kier molecular flexibility index (Phi) is 3.87. The Labute approximate surface area is 108 Å². The lowest BCUT2D eigenvalue weighted by Gasteiger charge is -2.23. The molecular formula is C14H21N3O. The van der Waals surface area contributed by atoms with Gasteiger partial charge in [-0.2, -0.15) is 0 Å². The molecule has 0 aromatic heterocycles. The highest BCUT2D eigenvalue weighted by Gasteiger charge is 2.29. The van der Waals surface area contributed by atoms with Crippen LogP contribution in [-0.2, 0) is 11.3 Å². The number of carbonyl (C=O) groups is 1. The molecule has 1 aliphatic carbocycles. The number of hydrogen-bond acceptors (Lipinski definition) is 3. The van der Waals surface area contributed by atoms with E-state index in [2.05, 4.69) is 0 Å². The number of carbonyl (C=O) groups excluding carboxylic acids is 1. The van der Waals surface area contributed by atoms with Crippen molar-refractivity contribution in [1.29, 1.82) is 0 Å². The number of amides is 1. The van der Waals surface area contributed by atoms with Gasteiger partial charge in [-0.05, 0) is 30.5 Å². The molecule has 0 atom stereocenters. The summed E-state index contributed by atoms with van der Waals surface area (Å²) >= 11 is 0. The number of likely N-dealkylation sites (N-methyl/N-ethyl adjacent to an activating group) is 2. The van der Waals surface area contributed by atoms with Crippen LogP contribution in [-0.4, -0.2) is 37.5 Å². The summed E-state index contributed by atoms with van der Waals surface area (Å²) in [6.07, 6.45) is 2.30. The van der Waals surface area contributed by atoms with Crippen LogP contribution in [0.25, 0.3) is 0 Å². The predicted octanol–water partition coefficient (Wildman–Crippen LogP) is 1.20. The monoisotopic (exact) mass is 247 g/mol.